The molecule has 0 unspecified atom stereocenters. The first-order valence-corrected chi connectivity index (χ1v) is 5.32. The van der Waals surface area contributed by atoms with Gasteiger partial charge in [0.15, 0.2) is 5.76 Å². The molecule has 0 aromatic carbocycles. The maximum absolute atomic E-state index is 5.55. The van der Waals surface area contributed by atoms with Crippen molar-refractivity contribution in [3.05, 3.63) is 29.0 Å². The Kier molecular flexibility index (Phi) is 3.04. The van der Waals surface area contributed by atoms with Crippen molar-refractivity contribution in [1.82, 2.24) is 14.9 Å². The van der Waals surface area contributed by atoms with Gasteiger partial charge in [-0.3, -0.25) is 0 Å². The second-order valence-corrected chi connectivity index (χ2v) is 4.14. The highest BCUT2D eigenvalue weighted by atomic mass is 79.9. The minimum Gasteiger partial charge on any atom is -0.438 e. The second kappa shape index (κ2) is 4.48. The van der Waals surface area contributed by atoms with Gasteiger partial charge >= 0.3 is 0 Å². The summed E-state index contributed by atoms with van der Waals surface area (Å²) in [6.07, 6.45) is 4.60. The molecule has 0 bridgehead atoms. The van der Waals surface area contributed by atoms with Gasteiger partial charge in [-0.05, 0) is 15.9 Å². The van der Waals surface area contributed by atoms with Crippen molar-refractivity contribution >= 4 is 28.0 Å². The molecule has 0 saturated heterocycles. The van der Waals surface area contributed by atoms with E-state index in [4.69, 9.17) is 4.42 Å². The van der Waals surface area contributed by atoms with E-state index in [1.165, 1.54) is 17.3 Å². The van der Waals surface area contributed by atoms with Crippen molar-refractivity contribution in [2.75, 3.05) is 19.0 Å². The van der Waals surface area contributed by atoms with Crippen molar-refractivity contribution in [2.24, 2.45) is 5.10 Å². The van der Waals surface area contributed by atoms with Crippen molar-refractivity contribution in [2.45, 2.75) is 0 Å². The number of rotatable bonds is 3. The molecule has 0 radical (unpaired) electrons. The molecule has 84 valence electrons. The largest absolute Gasteiger partial charge is 0.438 e. The van der Waals surface area contributed by atoms with Gasteiger partial charge in [0.25, 0.3) is 0 Å². The van der Waals surface area contributed by atoms with Gasteiger partial charge in [-0.15, -0.1) is 10.2 Å². The molecular weight excluding hydrogens is 274 g/mol. The molecule has 2 aromatic heterocycles. The molecule has 16 heavy (non-hydrogen) atoms. The standard InChI is InChI=1S/C9H10BrN5O/c1-14(2)9-8(10)3-7(16-9)4-13-15-5-11-12-6-15/h3-6H,1-2H3. The molecular formula is C9H10BrN5O. The lowest BCUT2D eigenvalue weighted by molar-refractivity contribution is 0.556. The lowest BCUT2D eigenvalue weighted by Crippen LogP contribution is -2.07. The summed E-state index contributed by atoms with van der Waals surface area (Å²) in [7, 11) is 3.81. The summed E-state index contributed by atoms with van der Waals surface area (Å²) in [6.45, 7) is 0. The van der Waals surface area contributed by atoms with Crippen LogP contribution in [0.15, 0.2) is 32.7 Å². The highest BCUT2D eigenvalue weighted by molar-refractivity contribution is 9.10. The van der Waals surface area contributed by atoms with Crippen LogP contribution >= 0.6 is 15.9 Å². The number of anilines is 1. The number of nitrogens with zero attached hydrogens (tertiary/aromatic N) is 5. The van der Waals surface area contributed by atoms with E-state index in [9.17, 15) is 0 Å². The third-order valence-corrected chi connectivity index (χ3v) is 2.39. The van der Waals surface area contributed by atoms with Crippen molar-refractivity contribution in [3.63, 3.8) is 0 Å². The Hall–Kier alpha value is -1.63. The Morgan fingerprint density at radius 3 is 2.69 bits per heavy atom. The van der Waals surface area contributed by atoms with Crippen molar-refractivity contribution in [1.29, 1.82) is 0 Å². The highest BCUT2D eigenvalue weighted by Crippen LogP contribution is 2.27. The summed E-state index contributed by atoms with van der Waals surface area (Å²) in [4.78, 5) is 1.88. The maximum Gasteiger partial charge on any atom is 0.210 e. The molecule has 7 heteroatoms. The van der Waals surface area contributed by atoms with Crippen molar-refractivity contribution in [3.8, 4) is 0 Å². The van der Waals surface area contributed by atoms with Crippen LogP contribution in [0.3, 0.4) is 0 Å². The zero-order valence-electron chi connectivity index (χ0n) is 8.83. The zero-order chi connectivity index (χ0) is 11.5. The highest BCUT2D eigenvalue weighted by Gasteiger charge is 2.08. The van der Waals surface area contributed by atoms with E-state index < -0.39 is 0 Å². The van der Waals surface area contributed by atoms with Gasteiger partial charge in [0.05, 0.1) is 10.7 Å². The maximum atomic E-state index is 5.55. The fourth-order valence-electron chi connectivity index (χ4n) is 1.12. The quantitative estimate of drug-likeness (QED) is 0.803. The van der Waals surface area contributed by atoms with Gasteiger partial charge in [-0.2, -0.15) is 5.10 Å². The molecule has 0 amide bonds. The molecule has 0 N–H and O–H groups in total. The number of hydrogen-bond acceptors (Lipinski definition) is 5. The van der Waals surface area contributed by atoms with E-state index in [-0.39, 0.29) is 0 Å². The Morgan fingerprint density at radius 1 is 1.44 bits per heavy atom. The third kappa shape index (κ3) is 2.30. The number of halogens is 1. The summed E-state index contributed by atoms with van der Waals surface area (Å²) >= 11 is 3.41. The first kappa shape index (κ1) is 10.9. The summed E-state index contributed by atoms with van der Waals surface area (Å²) in [5.74, 6) is 1.41. The van der Waals surface area contributed by atoms with Crippen LogP contribution in [0.25, 0.3) is 0 Å². The van der Waals surface area contributed by atoms with Crippen LogP contribution in [0.1, 0.15) is 5.76 Å². The summed E-state index contributed by atoms with van der Waals surface area (Å²) in [5.41, 5.74) is 0. The van der Waals surface area contributed by atoms with Crippen LogP contribution < -0.4 is 4.90 Å². The lowest BCUT2D eigenvalue weighted by atomic mass is 10.5. The molecule has 0 saturated carbocycles. The van der Waals surface area contributed by atoms with Gasteiger partial charge in [-0.25, -0.2) is 4.68 Å². The average Bonchev–Trinajstić information content (AvgIpc) is 2.83. The van der Waals surface area contributed by atoms with Gasteiger partial charge in [0, 0.05) is 20.2 Å². The number of hydrogen-bond donors (Lipinski definition) is 0. The Morgan fingerprint density at radius 2 is 2.12 bits per heavy atom. The van der Waals surface area contributed by atoms with E-state index >= 15 is 0 Å². The van der Waals surface area contributed by atoms with Crippen LogP contribution in [0.4, 0.5) is 5.88 Å². The molecule has 2 aromatic rings. The number of aromatic nitrogens is 3. The molecule has 0 aliphatic carbocycles. The first-order chi connectivity index (χ1) is 7.66. The average molecular weight is 284 g/mol. The van der Waals surface area contributed by atoms with Gasteiger partial charge in [0.1, 0.15) is 12.7 Å². The molecule has 2 heterocycles. The monoisotopic (exact) mass is 283 g/mol. The molecule has 0 aliphatic rings. The van der Waals surface area contributed by atoms with Gasteiger partial charge in [-0.1, -0.05) is 0 Å². The summed E-state index contributed by atoms with van der Waals surface area (Å²) < 4.78 is 7.93. The van der Waals surface area contributed by atoms with Crippen molar-refractivity contribution < 1.29 is 4.42 Å². The van der Waals surface area contributed by atoms with Crippen LogP contribution in [-0.4, -0.2) is 35.2 Å². The molecule has 0 spiro atoms. The fraction of sp³-hybridized carbons (Fsp3) is 0.222. The van der Waals surface area contributed by atoms with Crippen LogP contribution in [0.2, 0.25) is 0 Å². The minimum absolute atomic E-state index is 0.657. The number of furan rings is 1. The zero-order valence-corrected chi connectivity index (χ0v) is 10.4. The van der Waals surface area contributed by atoms with E-state index in [0.717, 1.165) is 10.4 Å². The van der Waals surface area contributed by atoms with Crippen LogP contribution in [0, 0.1) is 0 Å². The Balaban J connectivity index is 2.19. The second-order valence-electron chi connectivity index (χ2n) is 3.28. The predicted octanol–water partition coefficient (Wildman–Crippen LogP) is 1.58. The summed E-state index contributed by atoms with van der Waals surface area (Å²) in [5, 5.41) is 11.4. The van der Waals surface area contributed by atoms with Gasteiger partial charge in [0.2, 0.25) is 5.88 Å². The van der Waals surface area contributed by atoms with Gasteiger partial charge < -0.3 is 9.32 Å². The summed E-state index contributed by atoms with van der Waals surface area (Å²) in [6, 6.07) is 1.85. The molecule has 0 atom stereocenters. The topological polar surface area (TPSA) is 59.5 Å². The molecule has 2 rings (SSSR count). The van der Waals surface area contributed by atoms with Crippen LogP contribution in [-0.2, 0) is 0 Å². The lowest BCUT2D eigenvalue weighted by Gasteiger charge is -2.07. The normalized spacial score (nSPS) is 11.2. The predicted molar refractivity (Wildman–Crippen MR) is 63.7 cm³/mol. The Labute approximate surface area is 101 Å². The minimum atomic E-state index is 0.657. The third-order valence-electron chi connectivity index (χ3n) is 1.82. The smallest absolute Gasteiger partial charge is 0.210 e. The fourth-order valence-corrected chi connectivity index (χ4v) is 1.78. The molecule has 0 fully saturated rings. The van der Waals surface area contributed by atoms with E-state index in [1.54, 1.807) is 6.21 Å². The molecule has 6 nitrogen and oxygen atoms in total. The van der Waals surface area contributed by atoms with E-state index in [0.29, 0.717) is 5.76 Å². The Bertz CT molecular complexity index is 488. The first-order valence-electron chi connectivity index (χ1n) is 4.52. The molecule has 0 aliphatic heterocycles. The SMILES string of the molecule is CN(C)c1oc(C=Nn2cnnc2)cc1Br. The van der Waals surface area contributed by atoms with E-state index in [1.807, 2.05) is 25.1 Å². The van der Waals surface area contributed by atoms with E-state index in [2.05, 4.69) is 31.2 Å². The van der Waals surface area contributed by atoms with Crippen LogP contribution in [0.5, 0.6) is 0 Å².